The fraction of sp³-hybridized carbons (Fsp3) is 0. The third-order valence-electron chi connectivity index (χ3n) is 8.07. The highest BCUT2D eigenvalue weighted by Crippen LogP contribution is 2.51. The molecule has 0 bridgehead atoms. The lowest BCUT2D eigenvalue weighted by Crippen LogP contribution is -1.90. The van der Waals surface area contributed by atoms with Crippen LogP contribution in [0.15, 0.2) is 158 Å². The van der Waals surface area contributed by atoms with Crippen molar-refractivity contribution in [1.29, 1.82) is 0 Å². The van der Waals surface area contributed by atoms with Crippen LogP contribution in [0, 0.1) is 0 Å². The van der Waals surface area contributed by atoms with Gasteiger partial charge in [-0.2, -0.15) is 0 Å². The molecule has 7 aromatic carbocycles. The van der Waals surface area contributed by atoms with Crippen LogP contribution in [-0.4, -0.2) is 0 Å². The van der Waals surface area contributed by atoms with Gasteiger partial charge in [0.1, 0.15) is 0 Å². The second-order valence-electron chi connectivity index (χ2n) is 10.5. The van der Waals surface area contributed by atoms with Gasteiger partial charge < -0.3 is 0 Å². The second-order valence-corrected chi connectivity index (χ2v) is 11.5. The Balaban J connectivity index is 1.48. The van der Waals surface area contributed by atoms with Crippen molar-refractivity contribution in [2.24, 2.45) is 0 Å². The number of hydrogen-bond donors (Lipinski definition) is 0. The van der Waals surface area contributed by atoms with E-state index in [1.807, 2.05) is 11.3 Å². The molecular weight excluding hydrogens is 513 g/mol. The van der Waals surface area contributed by atoms with E-state index in [1.54, 1.807) is 0 Å². The van der Waals surface area contributed by atoms with Gasteiger partial charge in [-0.25, -0.2) is 0 Å². The monoisotopic (exact) mass is 538 g/mol. The molecule has 0 aliphatic carbocycles. The maximum absolute atomic E-state index is 2.34. The van der Waals surface area contributed by atoms with E-state index in [9.17, 15) is 0 Å². The van der Waals surface area contributed by atoms with Crippen LogP contribution in [0.4, 0.5) is 0 Å². The van der Waals surface area contributed by atoms with E-state index in [0.717, 1.165) is 0 Å². The van der Waals surface area contributed by atoms with E-state index in [1.165, 1.54) is 75.5 Å². The van der Waals surface area contributed by atoms with Crippen LogP contribution >= 0.6 is 11.3 Å². The van der Waals surface area contributed by atoms with Gasteiger partial charge >= 0.3 is 0 Å². The van der Waals surface area contributed by atoms with Gasteiger partial charge in [0.25, 0.3) is 0 Å². The molecule has 0 amide bonds. The highest BCUT2D eigenvalue weighted by molar-refractivity contribution is 7.21. The lowest BCUT2D eigenvalue weighted by atomic mass is 9.86. The Hall–Kier alpha value is -4.98. The van der Waals surface area contributed by atoms with Gasteiger partial charge in [-0.15, -0.1) is 11.3 Å². The van der Waals surface area contributed by atoms with Crippen LogP contribution < -0.4 is 0 Å². The average molecular weight is 539 g/mol. The Morgan fingerprint density at radius 3 is 1.34 bits per heavy atom. The van der Waals surface area contributed by atoms with Crippen LogP contribution in [0.5, 0.6) is 0 Å². The molecule has 41 heavy (non-hydrogen) atoms. The first-order valence-electron chi connectivity index (χ1n) is 14.0. The number of thiophene rings is 1. The summed E-state index contributed by atoms with van der Waals surface area (Å²) in [6.07, 6.45) is 0. The number of rotatable bonds is 4. The summed E-state index contributed by atoms with van der Waals surface area (Å²) in [6, 6.07) is 57.3. The van der Waals surface area contributed by atoms with Crippen LogP contribution in [0.2, 0.25) is 0 Å². The molecule has 8 rings (SSSR count). The van der Waals surface area contributed by atoms with Gasteiger partial charge in [-0.1, -0.05) is 152 Å². The number of fused-ring (bicyclic) bond motifs is 4. The van der Waals surface area contributed by atoms with E-state index in [2.05, 4.69) is 158 Å². The highest BCUT2D eigenvalue weighted by atomic mass is 32.1. The molecule has 0 spiro atoms. The summed E-state index contributed by atoms with van der Waals surface area (Å²) in [7, 11) is 0. The minimum Gasteiger partial charge on any atom is -0.134 e. The third kappa shape index (κ3) is 3.97. The molecule has 192 valence electrons. The summed E-state index contributed by atoms with van der Waals surface area (Å²) in [4.78, 5) is 2.63. The largest absolute Gasteiger partial charge is 0.134 e. The summed E-state index contributed by atoms with van der Waals surface area (Å²) in [6.45, 7) is 0. The molecule has 8 aromatic rings. The molecule has 0 radical (unpaired) electrons. The van der Waals surface area contributed by atoms with E-state index in [-0.39, 0.29) is 0 Å². The van der Waals surface area contributed by atoms with Gasteiger partial charge in [-0.05, 0) is 55.4 Å². The zero-order chi connectivity index (χ0) is 27.2. The molecule has 1 heteroatoms. The fourth-order valence-corrected chi connectivity index (χ4v) is 7.58. The zero-order valence-electron chi connectivity index (χ0n) is 22.4. The van der Waals surface area contributed by atoms with Gasteiger partial charge in [0, 0.05) is 26.1 Å². The van der Waals surface area contributed by atoms with Crippen molar-refractivity contribution in [3.8, 4) is 43.1 Å². The summed E-state index contributed by atoms with van der Waals surface area (Å²) < 4.78 is 0. The predicted octanol–water partition coefficient (Wildman–Crippen LogP) is 11.9. The molecule has 0 saturated heterocycles. The summed E-state index contributed by atoms with van der Waals surface area (Å²) >= 11 is 1.92. The maximum atomic E-state index is 2.34. The van der Waals surface area contributed by atoms with E-state index in [0.29, 0.717) is 0 Å². The number of hydrogen-bond acceptors (Lipinski definition) is 1. The van der Waals surface area contributed by atoms with Gasteiger partial charge in [-0.3, -0.25) is 0 Å². The van der Waals surface area contributed by atoms with Crippen LogP contribution in [0.3, 0.4) is 0 Å². The summed E-state index contributed by atoms with van der Waals surface area (Å²) in [5.41, 5.74) is 7.60. The van der Waals surface area contributed by atoms with E-state index < -0.39 is 0 Å². The molecule has 0 aliphatic rings. The molecule has 0 nitrogen and oxygen atoms in total. The topological polar surface area (TPSA) is 0 Å². The normalized spacial score (nSPS) is 11.4. The van der Waals surface area contributed by atoms with Gasteiger partial charge in [0.15, 0.2) is 0 Å². The van der Waals surface area contributed by atoms with Crippen molar-refractivity contribution in [2.45, 2.75) is 0 Å². The van der Waals surface area contributed by atoms with Crippen LogP contribution in [0.1, 0.15) is 0 Å². The number of benzene rings is 7. The summed E-state index contributed by atoms with van der Waals surface area (Å²) in [5.74, 6) is 0. The standard InChI is InChI=1S/C40H26S/c1-3-14-27(15-4-1)29-18-13-19-30(26-29)39-35-24-11-12-25-36(35)40(41-39)38-34-23-10-8-21-32(34)31-20-7-9-22-33(31)37(38)28-16-5-2-6-17-28/h1-26H. The Labute approximate surface area is 243 Å². The van der Waals surface area contributed by atoms with Crippen molar-refractivity contribution < 1.29 is 0 Å². The Morgan fingerprint density at radius 2 is 0.707 bits per heavy atom. The zero-order valence-corrected chi connectivity index (χ0v) is 23.2. The van der Waals surface area contributed by atoms with Crippen molar-refractivity contribution in [2.75, 3.05) is 0 Å². The molecule has 0 saturated carbocycles. The van der Waals surface area contributed by atoms with Crippen LogP contribution in [0.25, 0.3) is 75.5 Å². The average Bonchev–Trinajstić information content (AvgIpc) is 3.44. The lowest BCUT2D eigenvalue weighted by molar-refractivity contribution is 1.62. The first-order chi connectivity index (χ1) is 20.4. The Morgan fingerprint density at radius 1 is 0.268 bits per heavy atom. The van der Waals surface area contributed by atoms with Crippen molar-refractivity contribution in [3.05, 3.63) is 158 Å². The molecule has 0 aliphatic heterocycles. The molecule has 0 fully saturated rings. The minimum atomic E-state index is 1.24. The Bertz CT molecular complexity index is 2190. The quantitative estimate of drug-likeness (QED) is 0.195. The van der Waals surface area contributed by atoms with Crippen molar-refractivity contribution in [1.82, 2.24) is 0 Å². The van der Waals surface area contributed by atoms with Crippen molar-refractivity contribution in [3.63, 3.8) is 0 Å². The summed E-state index contributed by atoms with van der Waals surface area (Å²) in [5, 5.41) is 7.77. The molecule has 0 N–H and O–H groups in total. The maximum Gasteiger partial charge on any atom is 0.0440 e. The highest BCUT2D eigenvalue weighted by Gasteiger charge is 2.22. The predicted molar refractivity (Wildman–Crippen MR) is 179 cm³/mol. The van der Waals surface area contributed by atoms with Gasteiger partial charge in [0.2, 0.25) is 0 Å². The molecule has 0 unspecified atom stereocenters. The molecule has 1 heterocycles. The molecule has 0 atom stereocenters. The van der Waals surface area contributed by atoms with Crippen LogP contribution in [-0.2, 0) is 0 Å². The lowest BCUT2D eigenvalue weighted by Gasteiger charge is -2.18. The second kappa shape index (κ2) is 9.89. The minimum absolute atomic E-state index is 1.24. The SMILES string of the molecule is c1ccc(-c2cccc(-c3sc(-c4c(-c5ccccc5)c5ccccc5c5ccccc45)c4ccccc34)c2)cc1. The molecular formula is C40H26S. The fourth-order valence-electron chi connectivity index (χ4n) is 6.24. The van der Waals surface area contributed by atoms with E-state index >= 15 is 0 Å². The first kappa shape index (κ1) is 23.9. The Kier molecular flexibility index (Phi) is 5.76. The van der Waals surface area contributed by atoms with E-state index in [4.69, 9.17) is 0 Å². The van der Waals surface area contributed by atoms with Crippen molar-refractivity contribution >= 4 is 43.7 Å². The molecule has 1 aromatic heterocycles. The third-order valence-corrected chi connectivity index (χ3v) is 9.36. The first-order valence-corrected chi connectivity index (χ1v) is 14.8. The smallest absolute Gasteiger partial charge is 0.0440 e. The van der Waals surface area contributed by atoms with Gasteiger partial charge in [0.05, 0.1) is 0 Å².